The minimum Gasteiger partial charge on any atom is -0.349 e. The highest BCUT2D eigenvalue weighted by molar-refractivity contribution is 7.99. The normalized spacial score (nSPS) is 15.1. The van der Waals surface area contributed by atoms with E-state index in [1.54, 1.807) is 0 Å². The molecule has 0 saturated heterocycles. The molecule has 3 rings (SSSR count). The van der Waals surface area contributed by atoms with Gasteiger partial charge in [-0.25, -0.2) is 9.97 Å². The van der Waals surface area contributed by atoms with Crippen LogP contribution in [0.5, 0.6) is 0 Å². The van der Waals surface area contributed by atoms with Crippen molar-refractivity contribution in [2.75, 3.05) is 5.75 Å². The molecule has 1 heterocycles. The van der Waals surface area contributed by atoms with E-state index in [4.69, 9.17) is 0 Å². The van der Waals surface area contributed by atoms with Gasteiger partial charge in [-0.15, -0.1) is 0 Å². The lowest BCUT2D eigenvalue weighted by molar-refractivity contribution is -0.141. The van der Waals surface area contributed by atoms with E-state index in [9.17, 15) is 18.0 Å². The highest BCUT2D eigenvalue weighted by atomic mass is 32.2. The molecule has 4 nitrogen and oxygen atoms in total. The zero-order valence-electron chi connectivity index (χ0n) is 14.8. The Morgan fingerprint density at radius 3 is 2.70 bits per heavy atom. The zero-order chi connectivity index (χ0) is 19.4. The molecule has 0 aliphatic heterocycles. The first-order chi connectivity index (χ1) is 12.8. The predicted octanol–water partition coefficient (Wildman–Crippen LogP) is 4.34. The third kappa shape index (κ3) is 5.22. The second-order valence-electron chi connectivity index (χ2n) is 6.54. The Morgan fingerprint density at radius 1 is 1.22 bits per heavy atom. The first-order valence-corrected chi connectivity index (χ1v) is 9.75. The molecule has 1 aliphatic rings. The van der Waals surface area contributed by atoms with E-state index in [-0.39, 0.29) is 22.9 Å². The zero-order valence-corrected chi connectivity index (χ0v) is 15.7. The second kappa shape index (κ2) is 8.29. The summed E-state index contributed by atoms with van der Waals surface area (Å²) >= 11 is 0.885. The fraction of sp³-hybridized carbons (Fsp3) is 0.421. The molecule has 1 unspecified atom stereocenters. The van der Waals surface area contributed by atoms with Gasteiger partial charge in [-0.1, -0.05) is 30.0 Å². The van der Waals surface area contributed by atoms with Crippen molar-refractivity contribution in [2.24, 2.45) is 0 Å². The van der Waals surface area contributed by atoms with E-state index in [1.807, 2.05) is 13.0 Å². The average Bonchev–Trinajstić information content (AvgIpc) is 2.65. The summed E-state index contributed by atoms with van der Waals surface area (Å²) in [4.78, 5) is 19.4. The topological polar surface area (TPSA) is 54.9 Å². The van der Waals surface area contributed by atoms with Crippen molar-refractivity contribution in [3.05, 3.63) is 52.8 Å². The molecular weight excluding hydrogens is 375 g/mol. The average molecular weight is 395 g/mol. The summed E-state index contributed by atoms with van der Waals surface area (Å²) in [5.74, 6) is -0.317. The molecule has 0 fully saturated rings. The van der Waals surface area contributed by atoms with Crippen molar-refractivity contribution in [1.82, 2.24) is 15.3 Å². The van der Waals surface area contributed by atoms with Crippen LogP contribution in [0.1, 0.15) is 48.2 Å². The third-order valence-electron chi connectivity index (χ3n) is 4.51. The summed E-state index contributed by atoms with van der Waals surface area (Å²) in [5, 5.41) is 2.81. The molecule has 8 heteroatoms. The Labute approximate surface area is 160 Å². The monoisotopic (exact) mass is 395 g/mol. The molecule has 1 amide bonds. The van der Waals surface area contributed by atoms with E-state index in [0.717, 1.165) is 42.4 Å². The number of carbonyl (C=O) groups excluding carboxylic acids is 1. The van der Waals surface area contributed by atoms with Crippen LogP contribution in [-0.2, 0) is 23.8 Å². The van der Waals surface area contributed by atoms with Crippen molar-refractivity contribution in [3.8, 4) is 0 Å². The van der Waals surface area contributed by atoms with Crippen LogP contribution in [-0.4, -0.2) is 21.6 Å². The lowest BCUT2D eigenvalue weighted by Crippen LogP contribution is -2.28. The first kappa shape index (κ1) is 19.7. The number of benzene rings is 1. The number of thioether (sulfide) groups is 1. The molecule has 0 radical (unpaired) electrons. The number of halogens is 3. The highest BCUT2D eigenvalue weighted by Crippen LogP contribution is 2.28. The molecule has 0 spiro atoms. The molecule has 0 saturated carbocycles. The molecule has 1 aromatic heterocycles. The van der Waals surface area contributed by atoms with Gasteiger partial charge in [0.2, 0.25) is 5.91 Å². The van der Waals surface area contributed by atoms with Crippen LogP contribution in [0, 0.1) is 0 Å². The van der Waals surface area contributed by atoms with E-state index in [0.29, 0.717) is 0 Å². The highest BCUT2D eigenvalue weighted by Gasteiger charge is 2.32. The van der Waals surface area contributed by atoms with Crippen LogP contribution in [0.3, 0.4) is 0 Å². The molecule has 1 aliphatic carbocycles. The third-order valence-corrected chi connectivity index (χ3v) is 5.37. The number of hydrogen-bond acceptors (Lipinski definition) is 4. The van der Waals surface area contributed by atoms with Crippen molar-refractivity contribution >= 4 is 17.7 Å². The van der Waals surface area contributed by atoms with Crippen LogP contribution >= 0.6 is 11.8 Å². The fourth-order valence-electron chi connectivity index (χ4n) is 3.09. The first-order valence-electron chi connectivity index (χ1n) is 8.77. The van der Waals surface area contributed by atoms with Gasteiger partial charge >= 0.3 is 6.18 Å². The molecule has 144 valence electrons. The number of nitrogens with zero attached hydrogens (tertiary/aromatic N) is 2. The summed E-state index contributed by atoms with van der Waals surface area (Å²) in [6, 6.07) is 6.92. The number of aryl methyl sites for hydroxylation is 2. The van der Waals surface area contributed by atoms with Crippen LogP contribution < -0.4 is 5.32 Å². The molecule has 27 heavy (non-hydrogen) atoms. The Balaban J connectivity index is 1.56. The summed E-state index contributed by atoms with van der Waals surface area (Å²) < 4.78 is 38.0. The van der Waals surface area contributed by atoms with Gasteiger partial charge in [0.25, 0.3) is 0 Å². The summed E-state index contributed by atoms with van der Waals surface area (Å²) in [5.41, 5.74) is 2.74. The van der Waals surface area contributed by atoms with Crippen LogP contribution in [0.15, 0.2) is 35.6 Å². The smallest absolute Gasteiger partial charge is 0.349 e. The number of amides is 1. The summed E-state index contributed by atoms with van der Waals surface area (Å²) in [7, 11) is 0. The number of fused-ring (bicyclic) bond motifs is 1. The lowest BCUT2D eigenvalue weighted by Gasteiger charge is -2.20. The molecular formula is C19H20F3N3OS. The molecule has 1 atom stereocenters. The maximum absolute atomic E-state index is 12.7. The summed E-state index contributed by atoms with van der Waals surface area (Å²) in [6.45, 7) is 1.90. The number of aromatic nitrogens is 2. The van der Waals surface area contributed by atoms with Gasteiger partial charge in [0.05, 0.1) is 11.8 Å². The lowest BCUT2D eigenvalue weighted by atomic mass is 9.89. The molecule has 1 aromatic carbocycles. The van der Waals surface area contributed by atoms with Gasteiger partial charge in [-0.3, -0.25) is 4.79 Å². The van der Waals surface area contributed by atoms with Gasteiger partial charge in [0.1, 0.15) is 5.69 Å². The van der Waals surface area contributed by atoms with Gasteiger partial charge in [0, 0.05) is 6.20 Å². The van der Waals surface area contributed by atoms with Gasteiger partial charge in [-0.05, 0) is 55.4 Å². The Morgan fingerprint density at radius 2 is 1.96 bits per heavy atom. The quantitative estimate of drug-likeness (QED) is 0.604. The van der Waals surface area contributed by atoms with Crippen molar-refractivity contribution in [1.29, 1.82) is 0 Å². The largest absolute Gasteiger partial charge is 0.433 e. The van der Waals surface area contributed by atoms with Gasteiger partial charge in [0.15, 0.2) is 5.16 Å². The van der Waals surface area contributed by atoms with Crippen LogP contribution in [0.25, 0.3) is 0 Å². The minimum absolute atomic E-state index is 0.0450. The summed E-state index contributed by atoms with van der Waals surface area (Å²) in [6.07, 6.45) is 1.09. The number of alkyl halides is 3. The molecule has 0 bridgehead atoms. The number of carbonyl (C=O) groups is 1. The standard InChI is InChI=1S/C19H20F3N3OS/c1-12(14-7-6-13-4-2-3-5-15(13)10-14)24-17(26)11-27-18-23-9-8-16(25-18)19(20,21)22/h6-10,12H,2-5,11H2,1H3,(H,24,26). The Bertz CT molecular complexity index is 826. The van der Waals surface area contributed by atoms with E-state index >= 15 is 0 Å². The number of nitrogens with one attached hydrogen (secondary N) is 1. The van der Waals surface area contributed by atoms with Gasteiger partial charge in [-0.2, -0.15) is 13.2 Å². The van der Waals surface area contributed by atoms with E-state index < -0.39 is 11.9 Å². The maximum atomic E-state index is 12.7. The van der Waals surface area contributed by atoms with E-state index in [2.05, 4.69) is 27.4 Å². The Kier molecular flexibility index (Phi) is 6.04. The predicted molar refractivity (Wildman–Crippen MR) is 97.4 cm³/mol. The molecule has 1 N–H and O–H groups in total. The van der Waals surface area contributed by atoms with Crippen molar-refractivity contribution < 1.29 is 18.0 Å². The second-order valence-corrected chi connectivity index (χ2v) is 7.48. The number of hydrogen-bond donors (Lipinski definition) is 1. The molecule has 2 aromatic rings. The Hall–Kier alpha value is -2.09. The fourth-order valence-corrected chi connectivity index (χ4v) is 3.73. The van der Waals surface area contributed by atoms with Gasteiger partial charge < -0.3 is 5.32 Å². The van der Waals surface area contributed by atoms with E-state index in [1.165, 1.54) is 24.0 Å². The SMILES string of the molecule is CC(NC(=O)CSc1nccc(C(F)(F)F)n1)c1ccc2c(c1)CCCC2. The number of rotatable bonds is 5. The van der Waals surface area contributed by atoms with Crippen LogP contribution in [0.4, 0.5) is 13.2 Å². The van der Waals surface area contributed by atoms with Crippen LogP contribution in [0.2, 0.25) is 0 Å². The van der Waals surface area contributed by atoms with Crippen molar-refractivity contribution in [3.63, 3.8) is 0 Å². The minimum atomic E-state index is -4.53. The maximum Gasteiger partial charge on any atom is 0.433 e. The van der Waals surface area contributed by atoms with Crippen molar-refractivity contribution in [2.45, 2.75) is 50.0 Å².